The van der Waals surface area contributed by atoms with Crippen molar-refractivity contribution in [3.05, 3.63) is 65.2 Å². The Hall–Kier alpha value is -1.54. The van der Waals surface area contributed by atoms with Gasteiger partial charge in [-0.05, 0) is 24.6 Å². The summed E-state index contributed by atoms with van der Waals surface area (Å²) in [6, 6.07) is 16.4. The molecule has 2 aromatic carbocycles. The highest BCUT2D eigenvalue weighted by atomic mass is 32.2. The molecule has 0 aliphatic carbocycles. The Labute approximate surface area is 111 Å². The second kappa shape index (κ2) is 4.62. The Balaban J connectivity index is 1.97. The number of ketones is 1. The summed E-state index contributed by atoms with van der Waals surface area (Å²) in [6.45, 7) is 2.03. The van der Waals surface area contributed by atoms with E-state index in [0.29, 0.717) is 6.42 Å². The lowest BCUT2D eigenvalue weighted by Crippen LogP contribution is -2.12. The van der Waals surface area contributed by atoms with Crippen LogP contribution in [0.15, 0.2) is 53.4 Å². The van der Waals surface area contributed by atoms with Crippen LogP contribution in [0, 0.1) is 6.92 Å². The topological polar surface area (TPSA) is 17.1 Å². The lowest BCUT2D eigenvalue weighted by atomic mass is 10.00. The fourth-order valence-corrected chi connectivity index (χ4v) is 3.57. The molecule has 90 valence electrons. The number of fused-ring (bicyclic) bond motifs is 1. The molecule has 0 bridgehead atoms. The third-order valence-corrected chi connectivity index (χ3v) is 4.58. The summed E-state index contributed by atoms with van der Waals surface area (Å²) >= 11 is 1.80. The molecule has 2 heteroatoms. The van der Waals surface area contributed by atoms with E-state index in [0.717, 1.165) is 16.0 Å². The predicted octanol–water partition coefficient (Wildman–Crippen LogP) is 4.41. The number of carbonyl (C=O) groups excluding carboxylic acids is 1. The van der Waals surface area contributed by atoms with Gasteiger partial charge < -0.3 is 0 Å². The zero-order valence-corrected chi connectivity index (χ0v) is 11.0. The fourth-order valence-electron chi connectivity index (χ4n) is 2.29. The highest BCUT2D eigenvalue weighted by Crippen LogP contribution is 2.44. The van der Waals surface area contributed by atoms with Gasteiger partial charge in [-0.15, -0.1) is 11.8 Å². The molecule has 0 fully saturated rings. The molecule has 1 aliphatic rings. The number of benzene rings is 2. The zero-order valence-electron chi connectivity index (χ0n) is 10.2. The number of aryl methyl sites for hydroxylation is 1. The van der Waals surface area contributed by atoms with Gasteiger partial charge in [-0.25, -0.2) is 0 Å². The third kappa shape index (κ3) is 2.08. The normalized spacial score (nSPS) is 18.5. The van der Waals surface area contributed by atoms with Gasteiger partial charge in [0.25, 0.3) is 0 Å². The number of hydrogen-bond acceptors (Lipinski definition) is 2. The van der Waals surface area contributed by atoms with E-state index in [1.807, 2.05) is 31.2 Å². The molecular weight excluding hydrogens is 240 g/mol. The SMILES string of the molecule is Cc1ccc2c(c1)C(=O)C[C@@H](c1ccccc1)S2. The molecule has 0 radical (unpaired) electrons. The van der Waals surface area contributed by atoms with Crippen LogP contribution in [-0.2, 0) is 0 Å². The van der Waals surface area contributed by atoms with Crippen LogP contribution in [0.3, 0.4) is 0 Å². The Kier molecular flexibility index (Phi) is 2.96. The standard InChI is InChI=1S/C16H14OS/c1-11-7-8-15-13(9-11)14(17)10-16(18-15)12-5-3-2-4-6-12/h2-9,16H,10H2,1H3/t16-/m0/s1. The van der Waals surface area contributed by atoms with Gasteiger partial charge in [0.15, 0.2) is 5.78 Å². The lowest BCUT2D eigenvalue weighted by Gasteiger charge is -2.23. The smallest absolute Gasteiger partial charge is 0.165 e. The van der Waals surface area contributed by atoms with E-state index in [2.05, 4.69) is 24.3 Å². The van der Waals surface area contributed by atoms with Crippen LogP contribution in [0.2, 0.25) is 0 Å². The van der Waals surface area contributed by atoms with Gasteiger partial charge in [-0.2, -0.15) is 0 Å². The summed E-state index contributed by atoms with van der Waals surface area (Å²) < 4.78 is 0. The Bertz CT molecular complexity index is 589. The molecule has 1 atom stereocenters. The minimum absolute atomic E-state index is 0.258. The largest absolute Gasteiger partial charge is 0.294 e. The fraction of sp³-hybridized carbons (Fsp3) is 0.188. The van der Waals surface area contributed by atoms with Gasteiger partial charge in [0, 0.05) is 22.1 Å². The van der Waals surface area contributed by atoms with Crippen LogP contribution in [0.1, 0.15) is 33.2 Å². The Morgan fingerprint density at radius 2 is 1.89 bits per heavy atom. The van der Waals surface area contributed by atoms with Gasteiger partial charge >= 0.3 is 0 Å². The van der Waals surface area contributed by atoms with Crippen molar-refractivity contribution in [2.75, 3.05) is 0 Å². The first-order chi connectivity index (χ1) is 8.74. The van der Waals surface area contributed by atoms with Crippen LogP contribution in [-0.4, -0.2) is 5.78 Å². The van der Waals surface area contributed by atoms with Gasteiger partial charge in [0.1, 0.15) is 0 Å². The molecule has 18 heavy (non-hydrogen) atoms. The van der Waals surface area contributed by atoms with Crippen molar-refractivity contribution in [2.24, 2.45) is 0 Å². The molecule has 1 nitrogen and oxygen atoms in total. The monoisotopic (exact) mass is 254 g/mol. The molecule has 0 amide bonds. The summed E-state index contributed by atoms with van der Waals surface area (Å²) in [5.74, 6) is 0.265. The van der Waals surface area contributed by atoms with Crippen LogP contribution in [0.5, 0.6) is 0 Å². The van der Waals surface area contributed by atoms with Crippen LogP contribution in [0.4, 0.5) is 0 Å². The number of carbonyl (C=O) groups is 1. The van der Waals surface area contributed by atoms with Gasteiger partial charge in [0.2, 0.25) is 0 Å². The molecule has 0 saturated heterocycles. The maximum absolute atomic E-state index is 12.2. The van der Waals surface area contributed by atoms with Crippen LogP contribution >= 0.6 is 11.8 Å². The summed E-state index contributed by atoms with van der Waals surface area (Å²) in [7, 11) is 0. The van der Waals surface area contributed by atoms with Crippen molar-refractivity contribution >= 4 is 17.5 Å². The summed E-state index contributed by atoms with van der Waals surface area (Å²) in [6.07, 6.45) is 0.602. The van der Waals surface area contributed by atoms with E-state index >= 15 is 0 Å². The molecule has 0 aromatic heterocycles. The quantitative estimate of drug-likeness (QED) is 0.749. The first kappa shape index (κ1) is 11.5. The molecule has 0 unspecified atom stereocenters. The van der Waals surface area contributed by atoms with E-state index in [4.69, 9.17) is 0 Å². The molecule has 0 spiro atoms. The van der Waals surface area contributed by atoms with Crippen molar-refractivity contribution in [1.82, 2.24) is 0 Å². The van der Waals surface area contributed by atoms with E-state index in [1.165, 1.54) is 5.56 Å². The minimum atomic E-state index is 0.258. The summed E-state index contributed by atoms with van der Waals surface area (Å²) in [4.78, 5) is 13.3. The van der Waals surface area contributed by atoms with Gasteiger partial charge in [-0.1, -0.05) is 42.0 Å². The highest BCUT2D eigenvalue weighted by Gasteiger charge is 2.26. The number of hydrogen-bond donors (Lipinski definition) is 0. The number of Topliss-reactive ketones (excluding diaryl/α,β-unsaturated/α-hetero) is 1. The molecule has 1 aliphatic heterocycles. The maximum atomic E-state index is 12.2. The summed E-state index contributed by atoms with van der Waals surface area (Å²) in [5, 5.41) is 0.258. The average molecular weight is 254 g/mol. The third-order valence-electron chi connectivity index (χ3n) is 3.25. The van der Waals surface area contributed by atoms with Crippen molar-refractivity contribution < 1.29 is 4.79 Å². The van der Waals surface area contributed by atoms with Crippen molar-refractivity contribution in [2.45, 2.75) is 23.5 Å². The first-order valence-corrected chi connectivity index (χ1v) is 6.97. The predicted molar refractivity (Wildman–Crippen MR) is 75.2 cm³/mol. The van der Waals surface area contributed by atoms with Gasteiger partial charge in [0.05, 0.1) is 0 Å². The molecule has 2 aromatic rings. The first-order valence-electron chi connectivity index (χ1n) is 6.09. The second-order valence-electron chi connectivity index (χ2n) is 4.64. The highest BCUT2D eigenvalue weighted by molar-refractivity contribution is 7.99. The number of thioether (sulfide) groups is 1. The van der Waals surface area contributed by atoms with Gasteiger partial charge in [-0.3, -0.25) is 4.79 Å². The van der Waals surface area contributed by atoms with Crippen LogP contribution in [0.25, 0.3) is 0 Å². The van der Waals surface area contributed by atoms with E-state index in [9.17, 15) is 4.79 Å². The number of rotatable bonds is 1. The molecule has 1 heterocycles. The van der Waals surface area contributed by atoms with E-state index in [-0.39, 0.29) is 11.0 Å². The molecule has 0 N–H and O–H groups in total. The molecular formula is C16H14OS. The molecule has 0 saturated carbocycles. The minimum Gasteiger partial charge on any atom is -0.294 e. The van der Waals surface area contributed by atoms with E-state index < -0.39 is 0 Å². The lowest BCUT2D eigenvalue weighted by molar-refractivity contribution is 0.0976. The zero-order chi connectivity index (χ0) is 12.5. The van der Waals surface area contributed by atoms with Crippen LogP contribution < -0.4 is 0 Å². The van der Waals surface area contributed by atoms with Crippen molar-refractivity contribution in [3.8, 4) is 0 Å². The summed E-state index contributed by atoms with van der Waals surface area (Å²) in [5.41, 5.74) is 3.29. The average Bonchev–Trinajstić information content (AvgIpc) is 2.40. The van der Waals surface area contributed by atoms with Crippen molar-refractivity contribution in [3.63, 3.8) is 0 Å². The second-order valence-corrected chi connectivity index (χ2v) is 5.89. The Morgan fingerprint density at radius 3 is 2.67 bits per heavy atom. The molecule has 3 rings (SSSR count). The maximum Gasteiger partial charge on any atom is 0.165 e. The van der Waals surface area contributed by atoms with Crippen molar-refractivity contribution in [1.29, 1.82) is 0 Å². The Morgan fingerprint density at radius 1 is 1.11 bits per heavy atom. The van der Waals surface area contributed by atoms with E-state index in [1.54, 1.807) is 11.8 Å².